The van der Waals surface area contributed by atoms with Crippen molar-refractivity contribution in [2.24, 2.45) is 0 Å². The predicted octanol–water partition coefficient (Wildman–Crippen LogP) is 1.73. The smallest absolute Gasteiger partial charge is 0.352 e. The lowest BCUT2D eigenvalue weighted by molar-refractivity contribution is 0.0685. The normalized spacial score (nSPS) is 10.7. The fourth-order valence-electron chi connectivity index (χ4n) is 1.50. The fraction of sp³-hybridized carbons (Fsp3) is 0.300. The number of aromatic carboxylic acids is 1. The number of halogens is 1. The average molecular weight is 347 g/mol. The quantitative estimate of drug-likeness (QED) is 0.852. The number of hydrogen-bond donors (Lipinski definition) is 1. The number of hydrogen-bond acceptors (Lipinski definition) is 4. The Morgan fingerprint density at radius 1 is 1.65 bits per heavy atom. The topological polar surface area (TPSA) is 81.2 Å². The van der Waals surface area contributed by atoms with Crippen LogP contribution in [0, 0.1) is 10.5 Å². The van der Waals surface area contributed by atoms with Crippen LogP contribution in [0.2, 0.25) is 0 Å². The van der Waals surface area contributed by atoms with E-state index >= 15 is 0 Å². The highest BCUT2D eigenvalue weighted by Gasteiger charge is 2.12. The molecule has 90 valence electrons. The summed E-state index contributed by atoms with van der Waals surface area (Å²) in [6.07, 6.45) is 2.30. The van der Waals surface area contributed by atoms with Gasteiger partial charge < -0.3 is 14.2 Å². The number of rotatable bonds is 4. The second-order valence-electron chi connectivity index (χ2n) is 3.53. The predicted molar refractivity (Wildman–Crippen MR) is 66.8 cm³/mol. The minimum Gasteiger partial charge on any atom is -0.477 e. The van der Waals surface area contributed by atoms with E-state index in [4.69, 9.17) is 9.63 Å². The van der Waals surface area contributed by atoms with Crippen LogP contribution in [0.3, 0.4) is 0 Å². The van der Waals surface area contributed by atoms with Crippen molar-refractivity contribution in [2.75, 3.05) is 0 Å². The van der Waals surface area contributed by atoms with Gasteiger partial charge in [-0.1, -0.05) is 5.16 Å². The molecule has 0 saturated carbocycles. The lowest BCUT2D eigenvalue weighted by Gasteiger charge is -2.03. The first-order valence-corrected chi connectivity index (χ1v) is 6.02. The van der Waals surface area contributed by atoms with Gasteiger partial charge in [-0.3, -0.25) is 0 Å². The zero-order valence-electron chi connectivity index (χ0n) is 9.05. The fourth-order valence-corrected chi connectivity index (χ4v) is 2.13. The molecular weight excluding hydrogens is 337 g/mol. The van der Waals surface area contributed by atoms with Gasteiger partial charge in [0.25, 0.3) is 0 Å². The van der Waals surface area contributed by atoms with E-state index in [0.717, 1.165) is 3.57 Å². The molecule has 7 heteroatoms. The summed E-state index contributed by atoms with van der Waals surface area (Å²) in [6.45, 7) is 2.25. The van der Waals surface area contributed by atoms with Crippen LogP contribution in [0.1, 0.15) is 22.2 Å². The lowest BCUT2D eigenvalue weighted by atomic mass is 10.4. The molecule has 0 amide bonds. The Balaban J connectivity index is 2.11. The molecular formula is C10H10IN3O3. The summed E-state index contributed by atoms with van der Waals surface area (Å²) in [5.74, 6) is 0.165. The molecule has 2 aromatic heterocycles. The van der Waals surface area contributed by atoms with Crippen LogP contribution in [0.4, 0.5) is 0 Å². The van der Waals surface area contributed by atoms with Crippen molar-refractivity contribution in [3.8, 4) is 0 Å². The highest BCUT2D eigenvalue weighted by molar-refractivity contribution is 14.1. The third-order valence-electron chi connectivity index (χ3n) is 2.22. The highest BCUT2D eigenvalue weighted by Crippen LogP contribution is 2.12. The van der Waals surface area contributed by atoms with Crippen LogP contribution in [-0.2, 0) is 13.0 Å². The third kappa shape index (κ3) is 2.84. The molecule has 0 aromatic carbocycles. The van der Waals surface area contributed by atoms with Gasteiger partial charge in [-0.25, -0.2) is 4.79 Å². The van der Waals surface area contributed by atoms with Gasteiger partial charge in [0.1, 0.15) is 5.69 Å². The van der Waals surface area contributed by atoms with Gasteiger partial charge >= 0.3 is 5.97 Å². The molecule has 1 N–H and O–H groups in total. The maximum absolute atomic E-state index is 11.0. The molecule has 2 heterocycles. The minimum absolute atomic E-state index is 0.269. The van der Waals surface area contributed by atoms with Crippen molar-refractivity contribution < 1.29 is 14.4 Å². The summed E-state index contributed by atoms with van der Waals surface area (Å²) in [6, 6.07) is 1.63. The van der Waals surface area contributed by atoms with E-state index in [9.17, 15) is 4.79 Å². The van der Waals surface area contributed by atoms with Crippen molar-refractivity contribution in [2.45, 2.75) is 19.9 Å². The standard InChI is InChI=1S/C10H10IN3O3/c1-6-12-9(17-13-6)2-3-14-5-7(11)4-8(14)10(15)16/h4-5H,2-3H2,1H3,(H,15,16). The monoisotopic (exact) mass is 347 g/mol. The van der Waals surface area contributed by atoms with E-state index in [1.165, 1.54) is 0 Å². The van der Waals surface area contributed by atoms with Crippen molar-refractivity contribution in [3.63, 3.8) is 0 Å². The van der Waals surface area contributed by atoms with Crippen LogP contribution in [-0.4, -0.2) is 25.8 Å². The van der Waals surface area contributed by atoms with Gasteiger partial charge in [0, 0.05) is 22.7 Å². The maximum Gasteiger partial charge on any atom is 0.352 e. The number of nitrogens with zero attached hydrogens (tertiary/aromatic N) is 3. The summed E-state index contributed by atoms with van der Waals surface area (Å²) in [5, 5.41) is 12.7. The molecule has 0 unspecified atom stereocenters. The first kappa shape index (κ1) is 12.1. The summed E-state index contributed by atoms with van der Waals surface area (Å²) >= 11 is 2.08. The Labute approximate surface area is 111 Å². The van der Waals surface area contributed by atoms with Crippen LogP contribution in [0.15, 0.2) is 16.8 Å². The van der Waals surface area contributed by atoms with Gasteiger partial charge in [0.05, 0.1) is 0 Å². The maximum atomic E-state index is 11.0. The van der Waals surface area contributed by atoms with Gasteiger partial charge in [-0.2, -0.15) is 4.98 Å². The molecule has 0 radical (unpaired) electrons. The van der Waals surface area contributed by atoms with E-state index in [2.05, 4.69) is 32.7 Å². The van der Waals surface area contributed by atoms with Gasteiger partial charge in [-0.15, -0.1) is 0 Å². The SMILES string of the molecule is Cc1noc(CCn2cc(I)cc2C(=O)O)n1. The Morgan fingerprint density at radius 3 is 3.00 bits per heavy atom. The van der Waals surface area contributed by atoms with Crippen molar-refractivity contribution in [1.82, 2.24) is 14.7 Å². The molecule has 0 saturated heterocycles. The molecule has 0 aliphatic heterocycles. The van der Waals surface area contributed by atoms with E-state index in [-0.39, 0.29) is 5.69 Å². The Bertz CT molecular complexity index is 547. The van der Waals surface area contributed by atoms with E-state index in [1.54, 1.807) is 23.8 Å². The van der Waals surface area contributed by atoms with Crippen LogP contribution in [0.5, 0.6) is 0 Å². The van der Waals surface area contributed by atoms with E-state index in [1.807, 2.05) is 0 Å². The first-order chi connectivity index (χ1) is 8.06. The van der Waals surface area contributed by atoms with Crippen molar-refractivity contribution in [3.05, 3.63) is 33.2 Å². The van der Waals surface area contributed by atoms with Gasteiger partial charge in [-0.05, 0) is 35.6 Å². The molecule has 0 aliphatic rings. The lowest BCUT2D eigenvalue weighted by Crippen LogP contribution is -2.09. The van der Waals surface area contributed by atoms with Crippen molar-refractivity contribution >= 4 is 28.6 Å². The second-order valence-corrected chi connectivity index (χ2v) is 4.77. The molecule has 0 atom stereocenters. The number of carboxylic acids is 1. The molecule has 2 aromatic rings. The van der Waals surface area contributed by atoms with E-state index < -0.39 is 5.97 Å². The molecule has 0 spiro atoms. The Hall–Kier alpha value is -1.38. The van der Waals surface area contributed by atoms with E-state index in [0.29, 0.717) is 24.7 Å². The molecule has 6 nitrogen and oxygen atoms in total. The van der Waals surface area contributed by atoms with Crippen LogP contribution in [0.25, 0.3) is 0 Å². The molecule has 0 fully saturated rings. The molecule has 0 aliphatic carbocycles. The Morgan fingerprint density at radius 2 is 2.41 bits per heavy atom. The molecule has 0 bridgehead atoms. The summed E-state index contributed by atoms with van der Waals surface area (Å²) in [4.78, 5) is 15.0. The zero-order valence-corrected chi connectivity index (χ0v) is 11.2. The van der Waals surface area contributed by atoms with Crippen LogP contribution >= 0.6 is 22.6 Å². The van der Waals surface area contributed by atoms with Crippen molar-refractivity contribution in [1.29, 1.82) is 0 Å². The largest absolute Gasteiger partial charge is 0.477 e. The first-order valence-electron chi connectivity index (χ1n) is 4.94. The second kappa shape index (κ2) is 4.86. The van der Waals surface area contributed by atoms with Gasteiger partial charge in [0.2, 0.25) is 5.89 Å². The summed E-state index contributed by atoms with van der Waals surface area (Å²) < 4.78 is 7.53. The zero-order chi connectivity index (χ0) is 12.4. The molecule has 2 rings (SSSR count). The summed E-state index contributed by atoms with van der Waals surface area (Å²) in [7, 11) is 0. The Kier molecular flexibility index (Phi) is 3.46. The highest BCUT2D eigenvalue weighted by atomic mass is 127. The number of carbonyl (C=O) groups is 1. The third-order valence-corrected chi connectivity index (χ3v) is 2.81. The average Bonchev–Trinajstić information content (AvgIpc) is 2.82. The number of carboxylic acid groups (broad SMARTS) is 1. The minimum atomic E-state index is -0.936. The number of aryl methyl sites for hydroxylation is 3. The number of aromatic nitrogens is 3. The van der Waals surface area contributed by atoms with Crippen LogP contribution < -0.4 is 0 Å². The van der Waals surface area contributed by atoms with Gasteiger partial charge in [0.15, 0.2) is 5.82 Å². The molecule has 17 heavy (non-hydrogen) atoms. The summed E-state index contributed by atoms with van der Waals surface area (Å²) in [5.41, 5.74) is 0.269.